The van der Waals surface area contributed by atoms with Crippen molar-refractivity contribution in [3.8, 4) is 5.75 Å². The Morgan fingerprint density at radius 1 is 1.19 bits per heavy atom. The molecule has 1 aromatic rings. The van der Waals surface area contributed by atoms with Gasteiger partial charge in [-0.15, -0.1) is 0 Å². The van der Waals surface area contributed by atoms with Gasteiger partial charge in [-0.3, -0.25) is 24.0 Å². The fraction of sp³-hybridized carbons (Fsp3) is 0.450. The van der Waals surface area contributed by atoms with Gasteiger partial charge in [-0.2, -0.15) is 0 Å². The Morgan fingerprint density at radius 3 is 2.39 bits per heavy atom. The molecule has 0 radical (unpaired) electrons. The van der Waals surface area contributed by atoms with Gasteiger partial charge in [-0.25, -0.2) is 0 Å². The number of nitrogens with two attached hydrogens (primary N) is 2. The number of carbonyl (C=O) groups excluding carboxylic acids is 5. The van der Waals surface area contributed by atoms with Crippen molar-refractivity contribution in [1.82, 2.24) is 0 Å². The number of nitrogen functional groups attached to an aromatic ring is 1. The second kappa shape index (κ2) is 6.35. The van der Waals surface area contributed by atoms with Crippen molar-refractivity contribution in [2.75, 3.05) is 5.73 Å². The van der Waals surface area contributed by atoms with E-state index in [4.69, 9.17) is 23.1 Å². The number of rotatable bonds is 1. The van der Waals surface area contributed by atoms with Gasteiger partial charge in [0.15, 0.2) is 34.7 Å². The number of phenols is 1. The number of primary amides is 1. The number of amides is 1. The molecule has 2 fully saturated rings. The van der Waals surface area contributed by atoms with Crippen LogP contribution in [-0.2, 0) is 24.8 Å². The third kappa shape index (κ3) is 2.49. The SMILES string of the molecule is C[C@@]1(O)c2c(N)c(Cl)cc(O)c2C(=O)C2C(=O)[C@]3(O)C(=O)C(C(N)=O)C(=O)C[C@@H]3C[C@@H]21. The first-order chi connectivity index (χ1) is 14.3. The molecule has 6 atom stereocenters. The van der Waals surface area contributed by atoms with Gasteiger partial charge in [0.05, 0.1) is 27.8 Å². The minimum Gasteiger partial charge on any atom is -0.507 e. The number of ketones is 4. The zero-order chi connectivity index (χ0) is 23.2. The fourth-order valence-electron chi connectivity index (χ4n) is 5.43. The Balaban J connectivity index is 1.93. The lowest BCUT2D eigenvalue weighted by atomic mass is 9.51. The fourth-order valence-corrected chi connectivity index (χ4v) is 5.62. The van der Waals surface area contributed by atoms with E-state index in [-0.39, 0.29) is 22.7 Å². The third-order valence-corrected chi connectivity index (χ3v) is 7.25. The Hall–Kier alpha value is -2.82. The highest BCUT2D eigenvalue weighted by Gasteiger charge is 2.69. The van der Waals surface area contributed by atoms with E-state index in [2.05, 4.69) is 0 Å². The minimum atomic E-state index is -2.80. The van der Waals surface area contributed by atoms with Crippen LogP contribution < -0.4 is 11.5 Å². The summed E-state index contributed by atoms with van der Waals surface area (Å²) >= 11 is 6.00. The summed E-state index contributed by atoms with van der Waals surface area (Å²) < 4.78 is 0. The summed E-state index contributed by atoms with van der Waals surface area (Å²) in [6.07, 6.45) is -0.793. The van der Waals surface area contributed by atoms with E-state index in [9.17, 15) is 39.3 Å². The molecular weight excluding hydrogens is 432 g/mol. The summed E-state index contributed by atoms with van der Waals surface area (Å²) in [7, 11) is 0. The van der Waals surface area contributed by atoms with Crippen molar-refractivity contribution in [2.24, 2.45) is 29.4 Å². The van der Waals surface area contributed by atoms with Gasteiger partial charge in [0.2, 0.25) is 5.91 Å². The monoisotopic (exact) mass is 450 g/mol. The molecule has 2 saturated carbocycles. The first kappa shape index (κ1) is 21.4. The lowest BCUT2D eigenvalue weighted by Crippen LogP contribution is -2.70. The largest absolute Gasteiger partial charge is 0.507 e. The van der Waals surface area contributed by atoms with Crippen molar-refractivity contribution in [1.29, 1.82) is 0 Å². The van der Waals surface area contributed by atoms with Crippen LogP contribution in [0.3, 0.4) is 0 Å². The topological polar surface area (TPSA) is 198 Å². The van der Waals surface area contributed by atoms with Crippen LogP contribution in [0.1, 0.15) is 35.7 Å². The summed E-state index contributed by atoms with van der Waals surface area (Å²) in [6.45, 7) is 1.28. The van der Waals surface area contributed by atoms with Gasteiger partial charge >= 0.3 is 0 Å². The zero-order valence-electron chi connectivity index (χ0n) is 16.2. The van der Waals surface area contributed by atoms with E-state index in [1.54, 1.807) is 0 Å². The normalized spacial score (nSPS) is 37.2. The number of halogens is 1. The molecule has 2 unspecified atom stereocenters. The standard InChI is InChI=1S/C20H19ClN2O8/c1-19(30)6-2-5-3-8(24)12(18(23)29)17(28)20(5,31)16(27)10(6)15(26)11-9(25)4-7(21)14(22)13(11)19/h4-6,10,12,25,30-31H,2-3,22H2,1H3,(H2,23,29)/t5-,6-,10?,12?,19-,20-/m0/s1. The highest BCUT2D eigenvalue weighted by atomic mass is 35.5. The van der Waals surface area contributed by atoms with E-state index >= 15 is 0 Å². The van der Waals surface area contributed by atoms with Crippen LogP contribution in [0.2, 0.25) is 5.02 Å². The molecule has 164 valence electrons. The van der Waals surface area contributed by atoms with Gasteiger partial charge in [0, 0.05) is 29.9 Å². The number of Topliss-reactive ketones (excluding diaryl/α,β-unsaturated/α-hetero) is 4. The van der Waals surface area contributed by atoms with Gasteiger partial charge < -0.3 is 26.8 Å². The number of phenolic OH excluding ortho intramolecular Hbond substituents is 1. The molecule has 1 amide bonds. The molecule has 11 heteroatoms. The maximum absolute atomic E-state index is 13.4. The molecule has 4 rings (SSSR count). The number of anilines is 1. The molecule has 0 saturated heterocycles. The molecule has 0 bridgehead atoms. The summed E-state index contributed by atoms with van der Waals surface area (Å²) in [5, 5.41) is 32.7. The maximum atomic E-state index is 13.4. The first-order valence-corrected chi connectivity index (χ1v) is 9.85. The minimum absolute atomic E-state index is 0.117. The average Bonchev–Trinajstić information content (AvgIpc) is 2.65. The molecule has 10 nitrogen and oxygen atoms in total. The van der Waals surface area contributed by atoms with Crippen molar-refractivity contribution >= 4 is 46.3 Å². The average molecular weight is 451 g/mol. The predicted molar refractivity (Wildman–Crippen MR) is 104 cm³/mol. The Kier molecular flexibility index (Phi) is 4.38. The smallest absolute Gasteiger partial charge is 0.235 e. The molecule has 3 aliphatic carbocycles. The van der Waals surface area contributed by atoms with E-state index < -0.39 is 81.6 Å². The van der Waals surface area contributed by atoms with Crippen molar-refractivity contribution in [3.63, 3.8) is 0 Å². The first-order valence-electron chi connectivity index (χ1n) is 9.47. The molecule has 0 heterocycles. The Morgan fingerprint density at radius 2 is 1.81 bits per heavy atom. The van der Waals surface area contributed by atoms with Crippen LogP contribution in [0.15, 0.2) is 6.07 Å². The van der Waals surface area contributed by atoms with Crippen molar-refractivity contribution in [3.05, 3.63) is 22.2 Å². The van der Waals surface area contributed by atoms with Crippen LogP contribution >= 0.6 is 11.6 Å². The summed E-state index contributed by atoms with van der Waals surface area (Å²) in [5.74, 6) is -12.5. The molecular formula is C20H19ClN2O8. The van der Waals surface area contributed by atoms with E-state index in [0.29, 0.717) is 0 Å². The summed E-state index contributed by atoms with van der Waals surface area (Å²) in [4.78, 5) is 63.4. The van der Waals surface area contributed by atoms with E-state index in [1.807, 2.05) is 0 Å². The van der Waals surface area contributed by atoms with Crippen molar-refractivity contribution in [2.45, 2.75) is 31.0 Å². The second-order valence-electron chi connectivity index (χ2n) is 8.57. The summed E-state index contributed by atoms with van der Waals surface area (Å²) in [5.41, 5.74) is 5.56. The van der Waals surface area contributed by atoms with Gasteiger partial charge in [-0.1, -0.05) is 11.6 Å². The van der Waals surface area contributed by atoms with Crippen LogP contribution in [0.5, 0.6) is 5.75 Å². The molecule has 1 aromatic carbocycles. The highest BCUT2D eigenvalue weighted by molar-refractivity contribution is 6.34. The lowest BCUT2D eigenvalue weighted by molar-refractivity contribution is -0.182. The van der Waals surface area contributed by atoms with Crippen LogP contribution in [0, 0.1) is 23.7 Å². The molecule has 0 spiro atoms. The van der Waals surface area contributed by atoms with Gasteiger partial charge in [0.1, 0.15) is 5.75 Å². The molecule has 0 aliphatic heterocycles. The van der Waals surface area contributed by atoms with Crippen LogP contribution in [0.4, 0.5) is 5.69 Å². The molecule has 31 heavy (non-hydrogen) atoms. The van der Waals surface area contributed by atoms with Gasteiger partial charge in [-0.05, 0) is 13.3 Å². The number of fused-ring (bicyclic) bond motifs is 3. The highest BCUT2D eigenvalue weighted by Crippen LogP contribution is 2.57. The van der Waals surface area contributed by atoms with Gasteiger partial charge in [0.25, 0.3) is 0 Å². The number of hydrogen-bond donors (Lipinski definition) is 5. The second-order valence-corrected chi connectivity index (χ2v) is 8.98. The predicted octanol–water partition coefficient (Wildman–Crippen LogP) is -0.773. The number of hydrogen-bond acceptors (Lipinski definition) is 9. The Labute approximate surface area is 180 Å². The zero-order valence-corrected chi connectivity index (χ0v) is 17.0. The summed E-state index contributed by atoms with van der Waals surface area (Å²) in [6, 6.07) is 0.988. The molecule has 7 N–H and O–H groups in total. The van der Waals surface area contributed by atoms with Crippen LogP contribution in [0.25, 0.3) is 0 Å². The number of carbonyl (C=O) groups is 5. The van der Waals surface area contributed by atoms with E-state index in [1.165, 1.54) is 6.92 Å². The van der Waals surface area contributed by atoms with Crippen LogP contribution in [-0.4, -0.2) is 50.0 Å². The third-order valence-electron chi connectivity index (χ3n) is 6.93. The number of aliphatic hydroxyl groups is 2. The number of aromatic hydroxyl groups is 1. The quantitative estimate of drug-likeness (QED) is 0.207. The van der Waals surface area contributed by atoms with E-state index in [0.717, 1.165) is 6.07 Å². The van der Waals surface area contributed by atoms with Crippen molar-refractivity contribution < 1.29 is 39.3 Å². The maximum Gasteiger partial charge on any atom is 0.235 e. The Bertz CT molecular complexity index is 1110. The molecule has 0 aromatic heterocycles. The molecule has 3 aliphatic rings. The lowest BCUT2D eigenvalue weighted by Gasteiger charge is -2.52. The number of benzene rings is 1.